The van der Waals surface area contributed by atoms with Gasteiger partial charge < -0.3 is 30.1 Å². The van der Waals surface area contributed by atoms with Gasteiger partial charge in [0, 0.05) is 42.7 Å². The van der Waals surface area contributed by atoms with E-state index in [4.69, 9.17) is 25.7 Å². The van der Waals surface area contributed by atoms with Gasteiger partial charge in [-0.15, -0.1) is 0 Å². The van der Waals surface area contributed by atoms with Gasteiger partial charge in [0.2, 0.25) is 0 Å². The molecule has 2 heterocycles. The number of aliphatic carboxylic acids is 1. The highest BCUT2D eigenvalue weighted by Crippen LogP contribution is 2.42. The van der Waals surface area contributed by atoms with Crippen LogP contribution in [0.4, 0.5) is 5.69 Å². The number of primary amides is 1. The number of benzene rings is 2. The van der Waals surface area contributed by atoms with E-state index >= 15 is 0 Å². The number of amidine groups is 1. The van der Waals surface area contributed by atoms with E-state index < -0.39 is 11.9 Å². The van der Waals surface area contributed by atoms with Gasteiger partial charge in [-0.05, 0) is 67.9 Å². The van der Waals surface area contributed by atoms with Crippen LogP contribution in [0.5, 0.6) is 11.5 Å². The van der Waals surface area contributed by atoms with E-state index in [1.165, 1.54) is 0 Å². The average molecular weight is 579 g/mol. The molecular weight excluding hydrogens is 536 g/mol. The molecule has 2 aliphatic rings. The van der Waals surface area contributed by atoms with E-state index in [1.54, 1.807) is 17.0 Å². The van der Waals surface area contributed by atoms with Gasteiger partial charge in [-0.2, -0.15) is 0 Å². The van der Waals surface area contributed by atoms with Crippen molar-refractivity contribution < 1.29 is 29.0 Å². The Morgan fingerprint density at radius 3 is 2.38 bits per heavy atom. The van der Waals surface area contributed by atoms with Crippen LogP contribution in [0.3, 0.4) is 0 Å². The Hall–Kier alpha value is -4.08. The standard InChI is InChI=1S/C32H42N4O6/c1-5-41-27-16-21-18-36(30(33)22(21)17-23(27)31(34)40)19-26(37)20-14-24(32(2,3)4)29(42-13-9-6-10-28(38)39)25(15-20)35-11-7-8-12-35/h14-17,33H,5-13,18-19H2,1-4H3,(H2,34,40)(H,38,39). The minimum absolute atomic E-state index is 0.00179. The van der Waals surface area contributed by atoms with Gasteiger partial charge in [0.1, 0.15) is 17.3 Å². The first-order valence-corrected chi connectivity index (χ1v) is 14.6. The summed E-state index contributed by atoms with van der Waals surface area (Å²) >= 11 is 0. The van der Waals surface area contributed by atoms with E-state index in [-0.39, 0.29) is 35.6 Å². The number of carboxylic acids is 1. The van der Waals surface area contributed by atoms with Crippen LogP contribution in [0.1, 0.15) is 97.2 Å². The number of fused-ring (bicyclic) bond motifs is 1. The lowest BCUT2D eigenvalue weighted by Gasteiger charge is -2.30. The molecule has 1 fully saturated rings. The Morgan fingerprint density at radius 1 is 1.05 bits per heavy atom. The zero-order valence-electron chi connectivity index (χ0n) is 25.0. The highest BCUT2D eigenvalue weighted by atomic mass is 16.5. The van der Waals surface area contributed by atoms with Crippen LogP contribution in [0.2, 0.25) is 0 Å². The number of anilines is 1. The Bertz CT molecular complexity index is 1370. The van der Waals surface area contributed by atoms with Crippen molar-refractivity contribution in [2.45, 2.75) is 71.8 Å². The molecule has 2 aliphatic heterocycles. The number of ether oxygens (including phenoxy) is 2. The lowest BCUT2D eigenvalue weighted by atomic mass is 9.84. The maximum Gasteiger partial charge on any atom is 0.303 e. The van der Waals surface area contributed by atoms with Gasteiger partial charge >= 0.3 is 5.97 Å². The molecule has 4 N–H and O–H groups in total. The van der Waals surface area contributed by atoms with Crippen molar-refractivity contribution >= 4 is 29.2 Å². The molecule has 2 aromatic carbocycles. The Morgan fingerprint density at radius 2 is 1.76 bits per heavy atom. The van der Waals surface area contributed by atoms with E-state index in [0.717, 1.165) is 48.5 Å². The van der Waals surface area contributed by atoms with Gasteiger partial charge in [0.25, 0.3) is 5.91 Å². The first kappa shape index (κ1) is 30.9. The molecule has 0 aromatic heterocycles. The van der Waals surface area contributed by atoms with Gasteiger partial charge in [-0.3, -0.25) is 19.8 Å². The number of nitrogens with zero attached hydrogens (tertiary/aromatic N) is 2. The number of rotatable bonds is 13. The second-order valence-electron chi connectivity index (χ2n) is 11.9. The van der Waals surface area contributed by atoms with Crippen LogP contribution in [0.15, 0.2) is 24.3 Å². The summed E-state index contributed by atoms with van der Waals surface area (Å²) in [4.78, 5) is 40.7. The number of nitrogens with two attached hydrogens (primary N) is 1. The second-order valence-corrected chi connectivity index (χ2v) is 11.9. The van der Waals surface area contributed by atoms with Crippen molar-refractivity contribution in [3.8, 4) is 11.5 Å². The van der Waals surface area contributed by atoms with Crippen LogP contribution < -0.4 is 20.1 Å². The van der Waals surface area contributed by atoms with Crippen LogP contribution >= 0.6 is 0 Å². The lowest BCUT2D eigenvalue weighted by molar-refractivity contribution is -0.137. The van der Waals surface area contributed by atoms with Crippen molar-refractivity contribution in [2.24, 2.45) is 5.73 Å². The Balaban J connectivity index is 1.62. The Labute approximate surface area is 247 Å². The highest BCUT2D eigenvalue weighted by Gasteiger charge is 2.31. The number of carbonyl (C=O) groups is 3. The largest absolute Gasteiger partial charge is 0.493 e. The van der Waals surface area contributed by atoms with Gasteiger partial charge in [-0.25, -0.2) is 0 Å². The molecule has 0 bridgehead atoms. The first-order valence-electron chi connectivity index (χ1n) is 14.6. The zero-order chi connectivity index (χ0) is 30.6. The lowest BCUT2D eigenvalue weighted by Crippen LogP contribution is -2.31. The average Bonchev–Trinajstić information content (AvgIpc) is 3.55. The number of carbonyl (C=O) groups excluding carboxylic acids is 2. The molecule has 42 heavy (non-hydrogen) atoms. The number of ketones is 1. The van der Waals surface area contributed by atoms with Crippen LogP contribution in [0.25, 0.3) is 0 Å². The normalized spacial score (nSPS) is 14.7. The summed E-state index contributed by atoms with van der Waals surface area (Å²) in [6.45, 7) is 10.9. The molecule has 4 rings (SSSR count). The maximum atomic E-state index is 13.8. The third-order valence-corrected chi connectivity index (χ3v) is 7.72. The van der Waals surface area contributed by atoms with Gasteiger partial charge in [-0.1, -0.05) is 20.8 Å². The number of Topliss-reactive ketones (excluding diaryl/α,β-unsaturated/α-hetero) is 1. The van der Waals surface area contributed by atoms with E-state index in [1.807, 2.05) is 19.1 Å². The molecule has 0 atom stereocenters. The fourth-order valence-corrected chi connectivity index (χ4v) is 5.52. The Kier molecular flexibility index (Phi) is 9.43. The molecule has 10 nitrogen and oxygen atoms in total. The van der Waals surface area contributed by atoms with E-state index in [2.05, 4.69) is 25.7 Å². The molecule has 0 saturated carbocycles. The number of carboxylic acid groups (broad SMARTS) is 1. The summed E-state index contributed by atoms with van der Waals surface area (Å²) in [7, 11) is 0. The molecule has 0 spiro atoms. The molecule has 1 amide bonds. The minimum atomic E-state index is -0.816. The fourth-order valence-electron chi connectivity index (χ4n) is 5.52. The van der Waals surface area contributed by atoms with Crippen LogP contribution in [0, 0.1) is 5.41 Å². The van der Waals surface area contributed by atoms with Crippen LogP contribution in [-0.2, 0) is 16.8 Å². The zero-order valence-corrected chi connectivity index (χ0v) is 25.0. The molecule has 10 heteroatoms. The third-order valence-electron chi connectivity index (χ3n) is 7.72. The highest BCUT2D eigenvalue weighted by molar-refractivity contribution is 6.07. The second kappa shape index (κ2) is 12.8. The predicted molar refractivity (Wildman–Crippen MR) is 161 cm³/mol. The first-order chi connectivity index (χ1) is 19.9. The van der Waals surface area contributed by atoms with Crippen molar-refractivity contribution in [3.05, 3.63) is 52.1 Å². The third kappa shape index (κ3) is 6.86. The van der Waals surface area contributed by atoms with Crippen LogP contribution in [-0.4, -0.2) is 66.3 Å². The van der Waals surface area contributed by atoms with Gasteiger partial charge in [0.15, 0.2) is 5.78 Å². The maximum absolute atomic E-state index is 13.8. The molecule has 226 valence electrons. The summed E-state index contributed by atoms with van der Waals surface area (Å²) in [6, 6.07) is 7.13. The number of hydrogen-bond acceptors (Lipinski definition) is 7. The minimum Gasteiger partial charge on any atom is -0.493 e. The SMILES string of the molecule is CCOc1cc2c(cc1C(N)=O)C(=N)N(CC(=O)c1cc(N3CCCC3)c(OCCCCC(=O)O)c(C(C)(C)C)c1)C2. The summed E-state index contributed by atoms with van der Waals surface area (Å²) in [5.74, 6) is -0.263. The molecule has 1 saturated heterocycles. The fraction of sp³-hybridized carbons (Fsp3) is 0.500. The molecule has 0 aliphatic carbocycles. The summed E-state index contributed by atoms with van der Waals surface area (Å²) in [6.07, 6.45) is 3.37. The number of hydrogen-bond donors (Lipinski definition) is 3. The van der Waals surface area contributed by atoms with Crippen molar-refractivity contribution in [2.75, 3.05) is 37.7 Å². The monoisotopic (exact) mass is 578 g/mol. The van der Waals surface area contributed by atoms with E-state index in [9.17, 15) is 14.4 Å². The smallest absolute Gasteiger partial charge is 0.303 e. The number of nitrogens with one attached hydrogen (secondary N) is 1. The van der Waals surface area contributed by atoms with Crippen molar-refractivity contribution in [1.29, 1.82) is 5.41 Å². The van der Waals surface area contributed by atoms with Crippen molar-refractivity contribution in [1.82, 2.24) is 4.90 Å². The van der Waals surface area contributed by atoms with Crippen molar-refractivity contribution in [3.63, 3.8) is 0 Å². The van der Waals surface area contributed by atoms with Gasteiger partial charge in [0.05, 0.1) is 31.0 Å². The summed E-state index contributed by atoms with van der Waals surface area (Å²) in [5, 5.41) is 17.7. The van der Waals surface area contributed by atoms with E-state index in [0.29, 0.717) is 49.5 Å². The quantitative estimate of drug-likeness (QED) is 0.228. The number of amides is 1. The number of unbranched alkanes of at least 4 members (excludes halogenated alkanes) is 1. The molecule has 0 radical (unpaired) electrons. The molecule has 0 unspecified atom stereocenters. The molecular formula is C32H42N4O6. The summed E-state index contributed by atoms with van der Waals surface area (Å²) in [5.41, 5.74) is 9.19. The topological polar surface area (TPSA) is 146 Å². The predicted octanol–water partition coefficient (Wildman–Crippen LogP) is 4.74. The molecule has 2 aromatic rings. The summed E-state index contributed by atoms with van der Waals surface area (Å²) < 4.78 is 12.0.